The van der Waals surface area contributed by atoms with Crippen molar-refractivity contribution in [3.8, 4) is 0 Å². The smallest absolute Gasteiger partial charge is 0.251 e. The van der Waals surface area contributed by atoms with E-state index in [-0.39, 0.29) is 17.8 Å². The van der Waals surface area contributed by atoms with Crippen molar-refractivity contribution in [1.82, 2.24) is 10.2 Å². The van der Waals surface area contributed by atoms with Crippen LogP contribution in [0, 0.1) is 5.82 Å². The molecule has 0 bridgehead atoms. The van der Waals surface area contributed by atoms with Gasteiger partial charge in [0.05, 0.1) is 6.54 Å². The van der Waals surface area contributed by atoms with Crippen molar-refractivity contribution >= 4 is 35.0 Å². The molecule has 102 valence electrons. The van der Waals surface area contributed by atoms with Gasteiger partial charge in [-0.2, -0.15) is 11.8 Å². The van der Waals surface area contributed by atoms with Crippen LogP contribution in [0.1, 0.15) is 12.0 Å². The number of carbonyl (C=O) groups is 1. The number of nitrogens with zero attached hydrogens (tertiary/aromatic N) is 1. The molecule has 0 saturated carbocycles. The number of amides is 1. The van der Waals surface area contributed by atoms with Crippen LogP contribution in [0.3, 0.4) is 0 Å². The number of carbonyl (C=O) groups excluding carboxylic acids is 1. The van der Waals surface area contributed by atoms with Gasteiger partial charge >= 0.3 is 0 Å². The third-order valence-corrected chi connectivity index (χ3v) is 3.95. The number of hydrogen-bond acceptors (Lipinski definition) is 3. The summed E-state index contributed by atoms with van der Waals surface area (Å²) in [6.45, 7) is 0.390. The van der Waals surface area contributed by atoms with E-state index in [4.69, 9.17) is 12.2 Å². The molecular formula is C13H15FN2OS2. The molecule has 3 nitrogen and oxygen atoms in total. The lowest BCUT2D eigenvalue weighted by molar-refractivity contribution is -0.127. The van der Waals surface area contributed by atoms with E-state index in [1.165, 1.54) is 12.1 Å². The van der Waals surface area contributed by atoms with Gasteiger partial charge in [0.25, 0.3) is 5.91 Å². The molecule has 1 unspecified atom stereocenters. The summed E-state index contributed by atoms with van der Waals surface area (Å²) in [4.78, 5) is 13.7. The van der Waals surface area contributed by atoms with Gasteiger partial charge in [0.2, 0.25) is 0 Å². The Labute approximate surface area is 121 Å². The van der Waals surface area contributed by atoms with Crippen LogP contribution < -0.4 is 5.32 Å². The number of hydrogen-bond donors (Lipinski definition) is 1. The molecule has 1 aromatic rings. The first-order chi connectivity index (χ1) is 9.11. The fraction of sp³-hybridized carbons (Fsp3) is 0.385. The van der Waals surface area contributed by atoms with Gasteiger partial charge < -0.3 is 5.32 Å². The average Bonchev–Trinajstić information content (AvgIpc) is 2.66. The minimum absolute atomic E-state index is 0.00313. The number of nitrogens with one attached hydrogen (secondary N) is 1. The van der Waals surface area contributed by atoms with Crippen LogP contribution in [0.5, 0.6) is 0 Å². The van der Waals surface area contributed by atoms with E-state index < -0.39 is 0 Å². The fourth-order valence-corrected chi connectivity index (χ4v) is 2.70. The van der Waals surface area contributed by atoms with Crippen molar-refractivity contribution in [3.05, 3.63) is 35.6 Å². The minimum Gasteiger partial charge on any atom is -0.350 e. The summed E-state index contributed by atoms with van der Waals surface area (Å²) < 4.78 is 12.8. The zero-order valence-corrected chi connectivity index (χ0v) is 12.2. The molecule has 1 saturated heterocycles. The second-order valence-corrected chi connectivity index (χ2v) is 5.71. The molecule has 1 amide bonds. The number of thioether (sulfide) groups is 1. The molecular weight excluding hydrogens is 283 g/mol. The normalized spacial score (nSPS) is 18.8. The number of benzene rings is 1. The standard InChI is InChI=1S/C13H15FN2OS2/c1-19-7-6-11-12(17)16(13(18)15-11)8-9-2-4-10(14)5-3-9/h2-5,11H,6-8H2,1H3,(H,15,18). The maximum absolute atomic E-state index is 12.8. The molecule has 1 N–H and O–H groups in total. The van der Waals surface area contributed by atoms with Gasteiger partial charge in [-0.3, -0.25) is 9.69 Å². The lowest BCUT2D eigenvalue weighted by atomic mass is 10.2. The van der Waals surface area contributed by atoms with Crippen LogP contribution in [0.2, 0.25) is 0 Å². The molecule has 0 spiro atoms. The van der Waals surface area contributed by atoms with Crippen LogP contribution in [-0.4, -0.2) is 34.0 Å². The molecule has 6 heteroatoms. The van der Waals surface area contributed by atoms with E-state index in [1.807, 2.05) is 6.26 Å². The molecule has 0 aromatic heterocycles. The van der Waals surface area contributed by atoms with Gasteiger partial charge in [-0.15, -0.1) is 0 Å². The average molecular weight is 298 g/mol. The van der Waals surface area contributed by atoms with Gasteiger partial charge in [-0.25, -0.2) is 4.39 Å². The first-order valence-electron chi connectivity index (χ1n) is 5.97. The summed E-state index contributed by atoms with van der Waals surface area (Å²) in [6, 6.07) is 5.89. The molecule has 1 aromatic carbocycles. The Bertz CT molecular complexity index is 478. The van der Waals surface area contributed by atoms with Crippen LogP contribution in [0.4, 0.5) is 4.39 Å². The van der Waals surface area contributed by atoms with Crippen LogP contribution in [-0.2, 0) is 11.3 Å². The first-order valence-corrected chi connectivity index (χ1v) is 7.77. The Morgan fingerprint density at radius 2 is 2.11 bits per heavy atom. The SMILES string of the molecule is CSCCC1NC(=S)N(Cc2ccc(F)cc2)C1=O. The quantitative estimate of drug-likeness (QED) is 0.845. The summed E-state index contributed by atoms with van der Waals surface area (Å²) in [5.74, 6) is 0.634. The van der Waals surface area contributed by atoms with Crippen LogP contribution in [0.15, 0.2) is 24.3 Å². The predicted octanol–water partition coefficient (Wildman–Crippen LogP) is 2.16. The molecule has 1 aliphatic heterocycles. The Hall–Kier alpha value is -1.14. The highest BCUT2D eigenvalue weighted by atomic mass is 32.2. The Balaban J connectivity index is 2.02. The number of rotatable bonds is 5. The van der Waals surface area contributed by atoms with Crippen LogP contribution >= 0.6 is 24.0 Å². The van der Waals surface area contributed by atoms with Gasteiger partial charge in [-0.05, 0) is 48.3 Å². The van der Waals surface area contributed by atoms with E-state index in [0.29, 0.717) is 11.7 Å². The topological polar surface area (TPSA) is 32.3 Å². The molecule has 0 aliphatic carbocycles. The lowest BCUT2D eigenvalue weighted by Gasteiger charge is -2.14. The monoisotopic (exact) mass is 298 g/mol. The highest BCUT2D eigenvalue weighted by Gasteiger charge is 2.34. The van der Waals surface area contributed by atoms with Crippen molar-refractivity contribution in [3.63, 3.8) is 0 Å². The first kappa shape index (κ1) is 14.3. The molecule has 1 heterocycles. The second-order valence-electron chi connectivity index (χ2n) is 4.33. The van der Waals surface area contributed by atoms with Crippen molar-refractivity contribution in [2.45, 2.75) is 19.0 Å². The highest BCUT2D eigenvalue weighted by molar-refractivity contribution is 7.98. The van der Waals surface area contributed by atoms with E-state index >= 15 is 0 Å². The molecule has 0 radical (unpaired) electrons. The van der Waals surface area contributed by atoms with Gasteiger partial charge in [-0.1, -0.05) is 12.1 Å². The Morgan fingerprint density at radius 1 is 1.42 bits per heavy atom. The number of thiocarbonyl (C=S) groups is 1. The predicted molar refractivity (Wildman–Crippen MR) is 79.5 cm³/mol. The van der Waals surface area contributed by atoms with E-state index in [9.17, 15) is 9.18 Å². The van der Waals surface area contributed by atoms with Crippen LogP contribution in [0.25, 0.3) is 0 Å². The minimum atomic E-state index is -0.282. The molecule has 1 atom stereocenters. The van der Waals surface area contributed by atoms with Crippen molar-refractivity contribution in [2.75, 3.05) is 12.0 Å². The molecule has 1 aliphatic rings. The Morgan fingerprint density at radius 3 is 2.74 bits per heavy atom. The Kier molecular flexibility index (Phi) is 4.76. The summed E-state index contributed by atoms with van der Waals surface area (Å²) in [5, 5.41) is 3.50. The molecule has 1 fully saturated rings. The highest BCUT2D eigenvalue weighted by Crippen LogP contribution is 2.15. The van der Waals surface area contributed by atoms with E-state index in [2.05, 4.69) is 5.32 Å². The zero-order valence-electron chi connectivity index (χ0n) is 10.6. The molecule has 2 rings (SSSR count). The van der Waals surface area contributed by atoms with Gasteiger partial charge in [0.15, 0.2) is 5.11 Å². The maximum Gasteiger partial charge on any atom is 0.251 e. The number of halogens is 1. The fourth-order valence-electron chi connectivity index (χ4n) is 1.93. The third-order valence-electron chi connectivity index (χ3n) is 2.97. The van der Waals surface area contributed by atoms with Crippen molar-refractivity contribution < 1.29 is 9.18 Å². The third kappa shape index (κ3) is 3.45. The summed E-state index contributed by atoms with van der Waals surface area (Å²) in [5.41, 5.74) is 0.865. The van der Waals surface area contributed by atoms with Crippen molar-refractivity contribution in [2.24, 2.45) is 0 Å². The zero-order chi connectivity index (χ0) is 13.8. The summed E-state index contributed by atoms with van der Waals surface area (Å²) in [6.07, 6.45) is 2.77. The lowest BCUT2D eigenvalue weighted by Crippen LogP contribution is -2.31. The summed E-state index contributed by atoms with van der Waals surface area (Å²) >= 11 is 6.89. The largest absolute Gasteiger partial charge is 0.350 e. The van der Waals surface area contributed by atoms with E-state index in [0.717, 1.165) is 17.7 Å². The van der Waals surface area contributed by atoms with Gasteiger partial charge in [0.1, 0.15) is 11.9 Å². The van der Waals surface area contributed by atoms with E-state index in [1.54, 1.807) is 28.8 Å². The maximum atomic E-state index is 12.8. The summed E-state index contributed by atoms with van der Waals surface area (Å²) in [7, 11) is 0. The van der Waals surface area contributed by atoms with Crippen molar-refractivity contribution in [1.29, 1.82) is 0 Å². The second kappa shape index (κ2) is 6.34. The van der Waals surface area contributed by atoms with Gasteiger partial charge in [0, 0.05) is 0 Å². The molecule has 19 heavy (non-hydrogen) atoms.